The van der Waals surface area contributed by atoms with Gasteiger partial charge in [-0.05, 0) is 17.2 Å². The Morgan fingerprint density at radius 3 is 2.35 bits per heavy atom. The quantitative estimate of drug-likeness (QED) is 0.813. The van der Waals surface area contributed by atoms with Crippen molar-refractivity contribution in [1.29, 1.82) is 0 Å². The molecule has 2 rings (SSSR count). The molecule has 2 heteroatoms. The molecule has 0 amide bonds. The predicted molar refractivity (Wildman–Crippen MR) is 68.8 cm³/mol. The van der Waals surface area contributed by atoms with Crippen molar-refractivity contribution in [3.8, 4) is 0 Å². The molecule has 0 aliphatic heterocycles. The zero-order valence-corrected chi connectivity index (χ0v) is 9.60. The summed E-state index contributed by atoms with van der Waals surface area (Å²) in [7, 11) is 0. The number of benzene rings is 2. The second kappa shape index (κ2) is 5.41. The molecule has 2 aromatic rings. The van der Waals surface area contributed by atoms with Crippen molar-refractivity contribution in [2.45, 2.75) is 13.0 Å². The van der Waals surface area contributed by atoms with E-state index in [-0.39, 0.29) is 5.78 Å². The first-order valence-corrected chi connectivity index (χ1v) is 5.66. The largest absolute Gasteiger partial charge is 0.326 e. The van der Waals surface area contributed by atoms with Gasteiger partial charge in [-0.2, -0.15) is 0 Å². The van der Waals surface area contributed by atoms with E-state index in [1.54, 1.807) is 0 Å². The number of Topliss-reactive ketones (excluding diaryl/α,β-unsaturated/α-hetero) is 1. The summed E-state index contributed by atoms with van der Waals surface area (Å²) in [6.45, 7) is 0.465. The molecule has 2 nitrogen and oxygen atoms in total. The van der Waals surface area contributed by atoms with E-state index >= 15 is 0 Å². The highest BCUT2D eigenvalue weighted by atomic mass is 16.1. The molecule has 0 aliphatic carbocycles. The Bertz CT molecular complexity index is 505. The Kier molecular flexibility index (Phi) is 3.68. The van der Waals surface area contributed by atoms with Crippen LogP contribution < -0.4 is 5.73 Å². The molecule has 0 radical (unpaired) electrons. The monoisotopic (exact) mass is 225 g/mol. The molecule has 0 atom stereocenters. The maximum atomic E-state index is 12.0. The number of carbonyl (C=O) groups excluding carboxylic acids is 1. The van der Waals surface area contributed by atoms with Crippen LogP contribution in [0, 0.1) is 0 Å². The lowest BCUT2D eigenvalue weighted by Gasteiger charge is -2.03. The highest BCUT2D eigenvalue weighted by Gasteiger charge is 2.06. The highest BCUT2D eigenvalue weighted by Crippen LogP contribution is 2.09. The van der Waals surface area contributed by atoms with Gasteiger partial charge in [0.15, 0.2) is 5.78 Å². The molecule has 2 N–H and O–H groups in total. The van der Waals surface area contributed by atoms with E-state index in [0.29, 0.717) is 13.0 Å². The van der Waals surface area contributed by atoms with Crippen LogP contribution in [0.5, 0.6) is 0 Å². The maximum absolute atomic E-state index is 12.0. The summed E-state index contributed by atoms with van der Waals surface area (Å²) in [5.74, 6) is 0.131. The number of carbonyl (C=O) groups is 1. The van der Waals surface area contributed by atoms with Gasteiger partial charge < -0.3 is 5.73 Å². The van der Waals surface area contributed by atoms with Crippen LogP contribution >= 0.6 is 0 Å². The van der Waals surface area contributed by atoms with E-state index in [0.717, 1.165) is 16.7 Å². The van der Waals surface area contributed by atoms with Gasteiger partial charge in [0, 0.05) is 18.5 Å². The van der Waals surface area contributed by atoms with Crippen LogP contribution in [0.1, 0.15) is 21.5 Å². The summed E-state index contributed by atoms with van der Waals surface area (Å²) in [5.41, 5.74) is 8.32. The van der Waals surface area contributed by atoms with Crippen LogP contribution in [0.15, 0.2) is 54.6 Å². The summed E-state index contributed by atoms with van der Waals surface area (Å²) in [5, 5.41) is 0. The highest BCUT2D eigenvalue weighted by molar-refractivity contribution is 5.97. The van der Waals surface area contributed by atoms with Crippen molar-refractivity contribution in [3.05, 3.63) is 71.3 Å². The second-order valence-electron chi connectivity index (χ2n) is 3.99. The van der Waals surface area contributed by atoms with Crippen molar-refractivity contribution in [1.82, 2.24) is 0 Å². The SMILES string of the molecule is NCc1cccc(C(=O)Cc2ccccc2)c1. The number of ketones is 1. The number of hydrogen-bond donors (Lipinski definition) is 1. The normalized spacial score (nSPS) is 10.2. The smallest absolute Gasteiger partial charge is 0.167 e. The summed E-state index contributed by atoms with van der Waals surface area (Å²) in [6.07, 6.45) is 0.439. The van der Waals surface area contributed by atoms with Crippen LogP contribution in [0.3, 0.4) is 0 Å². The van der Waals surface area contributed by atoms with E-state index in [9.17, 15) is 4.79 Å². The van der Waals surface area contributed by atoms with E-state index in [4.69, 9.17) is 5.73 Å². The van der Waals surface area contributed by atoms with Gasteiger partial charge in [-0.15, -0.1) is 0 Å². The molecule has 0 bridgehead atoms. The molecule has 17 heavy (non-hydrogen) atoms. The van der Waals surface area contributed by atoms with Crippen molar-refractivity contribution >= 4 is 5.78 Å². The van der Waals surface area contributed by atoms with Crippen molar-refractivity contribution in [3.63, 3.8) is 0 Å². The molecular formula is C15H15NO. The molecule has 0 spiro atoms. The first kappa shape index (κ1) is 11.6. The van der Waals surface area contributed by atoms with Crippen LogP contribution in [0.4, 0.5) is 0 Å². The van der Waals surface area contributed by atoms with Gasteiger partial charge in [0.1, 0.15) is 0 Å². The minimum absolute atomic E-state index is 0.131. The van der Waals surface area contributed by atoms with Crippen molar-refractivity contribution in [2.24, 2.45) is 5.73 Å². The van der Waals surface area contributed by atoms with Gasteiger partial charge in [-0.3, -0.25) is 4.79 Å². The minimum Gasteiger partial charge on any atom is -0.326 e. The van der Waals surface area contributed by atoms with Crippen LogP contribution in [0.2, 0.25) is 0 Å². The summed E-state index contributed by atoms with van der Waals surface area (Å²) in [4.78, 5) is 12.0. The molecule has 0 saturated carbocycles. The number of nitrogens with two attached hydrogens (primary N) is 1. The third kappa shape index (κ3) is 3.02. The average molecular weight is 225 g/mol. The van der Waals surface area contributed by atoms with Crippen molar-refractivity contribution < 1.29 is 4.79 Å². The molecule has 0 unspecified atom stereocenters. The van der Waals surface area contributed by atoms with Crippen LogP contribution in [-0.4, -0.2) is 5.78 Å². The Morgan fingerprint density at radius 2 is 1.65 bits per heavy atom. The molecule has 0 aliphatic rings. The predicted octanol–water partition coefficient (Wildman–Crippen LogP) is 2.57. The van der Waals surface area contributed by atoms with Gasteiger partial charge in [-0.25, -0.2) is 0 Å². The Hall–Kier alpha value is -1.93. The fourth-order valence-electron chi connectivity index (χ4n) is 1.76. The zero-order valence-electron chi connectivity index (χ0n) is 9.60. The zero-order chi connectivity index (χ0) is 12.1. The molecule has 0 saturated heterocycles. The number of hydrogen-bond acceptors (Lipinski definition) is 2. The van der Waals surface area contributed by atoms with Gasteiger partial charge in [0.2, 0.25) is 0 Å². The van der Waals surface area contributed by atoms with E-state index in [1.165, 1.54) is 0 Å². The van der Waals surface area contributed by atoms with Gasteiger partial charge in [0.25, 0.3) is 0 Å². The lowest BCUT2D eigenvalue weighted by atomic mass is 10.0. The van der Waals surface area contributed by atoms with E-state index < -0.39 is 0 Å². The van der Waals surface area contributed by atoms with Gasteiger partial charge in [-0.1, -0.05) is 48.5 Å². The summed E-state index contributed by atoms with van der Waals surface area (Å²) < 4.78 is 0. The minimum atomic E-state index is 0.131. The van der Waals surface area contributed by atoms with Crippen LogP contribution in [0.25, 0.3) is 0 Å². The third-order valence-corrected chi connectivity index (χ3v) is 2.69. The second-order valence-corrected chi connectivity index (χ2v) is 3.99. The summed E-state index contributed by atoms with van der Waals surface area (Å²) >= 11 is 0. The third-order valence-electron chi connectivity index (χ3n) is 2.69. The fourth-order valence-corrected chi connectivity index (χ4v) is 1.76. The van der Waals surface area contributed by atoms with Crippen molar-refractivity contribution in [2.75, 3.05) is 0 Å². The first-order chi connectivity index (χ1) is 8.29. The Balaban J connectivity index is 2.14. The van der Waals surface area contributed by atoms with E-state index in [1.807, 2.05) is 54.6 Å². The Labute approximate surface area is 101 Å². The average Bonchev–Trinajstić information content (AvgIpc) is 2.40. The molecule has 86 valence electrons. The molecule has 0 fully saturated rings. The summed E-state index contributed by atoms with van der Waals surface area (Å²) in [6, 6.07) is 17.3. The van der Waals surface area contributed by atoms with Gasteiger partial charge in [0.05, 0.1) is 0 Å². The topological polar surface area (TPSA) is 43.1 Å². The van der Waals surface area contributed by atoms with Gasteiger partial charge >= 0.3 is 0 Å². The Morgan fingerprint density at radius 1 is 0.941 bits per heavy atom. The molecule has 0 heterocycles. The van der Waals surface area contributed by atoms with Crippen LogP contribution in [-0.2, 0) is 13.0 Å². The molecule has 2 aromatic carbocycles. The fraction of sp³-hybridized carbons (Fsp3) is 0.133. The standard InChI is InChI=1S/C15H15NO/c16-11-13-7-4-8-14(9-13)15(17)10-12-5-2-1-3-6-12/h1-9H,10-11,16H2. The van der Waals surface area contributed by atoms with E-state index in [2.05, 4.69) is 0 Å². The number of rotatable bonds is 4. The molecule has 0 aromatic heterocycles. The first-order valence-electron chi connectivity index (χ1n) is 5.66. The molecular weight excluding hydrogens is 210 g/mol. The lowest BCUT2D eigenvalue weighted by molar-refractivity contribution is 0.0993. The lowest BCUT2D eigenvalue weighted by Crippen LogP contribution is -2.05. The maximum Gasteiger partial charge on any atom is 0.167 e.